The van der Waals surface area contributed by atoms with E-state index in [9.17, 15) is 18.0 Å². The summed E-state index contributed by atoms with van der Waals surface area (Å²) in [5.41, 5.74) is 0.765. The van der Waals surface area contributed by atoms with Crippen molar-refractivity contribution in [2.24, 2.45) is 0 Å². The van der Waals surface area contributed by atoms with Crippen LogP contribution in [0, 0.1) is 0 Å². The Bertz CT molecular complexity index is 732. The van der Waals surface area contributed by atoms with Gasteiger partial charge in [0.15, 0.2) is 0 Å². The van der Waals surface area contributed by atoms with Crippen LogP contribution in [-0.2, 0) is 12.7 Å². The number of nitrogens with one attached hydrogen (secondary N) is 1. The van der Waals surface area contributed by atoms with Crippen molar-refractivity contribution in [1.29, 1.82) is 0 Å². The predicted octanol–water partition coefficient (Wildman–Crippen LogP) is 3.49. The molecule has 1 atom stereocenters. The van der Waals surface area contributed by atoms with Gasteiger partial charge in [-0.3, -0.25) is 14.7 Å². The standard InChI is InChI=1S/C19H20F3N3O/c20-19(21,22)16-5-3-14(4-6-16)12-25-11-1-2-17(13-25)24-18(26)15-7-9-23-10-8-15/h3-10,17H,1-2,11-13H2,(H,24,26). The summed E-state index contributed by atoms with van der Waals surface area (Å²) in [6.07, 6.45) is 0.660. The predicted molar refractivity (Wildman–Crippen MR) is 91.4 cm³/mol. The average molecular weight is 363 g/mol. The molecule has 2 aromatic rings. The highest BCUT2D eigenvalue weighted by atomic mass is 19.4. The molecule has 0 bridgehead atoms. The number of alkyl halides is 3. The van der Waals surface area contributed by atoms with E-state index in [0.29, 0.717) is 18.7 Å². The molecule has 1 aromatic heterocycles. The molecule has 0 spiro atoms. The number of carbonyl (C=O) groups is 1. The second-order valence-corrected chi connectivity index (χ2v) is 6.48. The summed E-state index contributed by atoms with van der Waals surface area (Å²) < 4.78 is 37.9. The summed E-state index contributed by atoms with van der Waals surface area (Å²) in [6.45, 7) is 2.11. The summed E-state index contributed by atoms with van der Waals surface area (Å²) >= 11 is 0. The third kappa shape index (κ3) is 4.82. The van der Waals surface area contributed by atoms with E-state index in [1.54, 1.807) is 24.5 Å². The van der Waals surface area contributed by atoms with E-state index in [4.69, 9.17) is 0 Å². The Hall–Kier alpha value is -2.41. The van der Waals surface area contributed by atoms with Crippen LogP contribution in [-0.4, -0.2) is 34.9 Å². The van der Waals surface area contributed by atoms with E-state index in [0.717, 1.165) is 37.1 Å². The second-order valence-electron chi connectivity index (χ2n) is 6.48. The summed E-state index contributed by atoms with van der Waals surface area (Å²) in [5.74, 6) is -0.131. The van der Waals surface area contributed by atoms with Crippen molar-refractivity contribution in [3.8, 4) is 0 Å². The number of pyridine rings is 1. The van der Waals surface area contributed by atoms with E-state index in [1.165, 1.54) is 12.1 Å². The molecule has 1 aliphatic rings. The maximum atomic E-state index is 12.6. The highest BCUT2D eigenvalue weighted by Gasteiger charge is 2.30. The van der Waals surface area contributed by atoms with Gasteiger partial charge in [-0.1, -0.05) is 12.1 Å². The first kappa shape index (κ1) is 18.4. The number of aromatic nitrogens is 1. The molecule has 1 aliphatic heterocycles. The maximum absolute atomic E-state index is 12.6. The molecule has 1 fully saturated rings. The van der Waals surface area contributed by atoms with E-state index < -0.39 is 11.7 Å². The monoisotopic (exact) mass is 363 g/mol. The van der Waals surface area contributed by atoms with Gasteiger partial charge < -0.3 is 5.32 Å². The van der Waals surface area contributed by atoms with Crippen molar-refractivity contribution in [2.45, 2.75) is 31.6 Å². The van der Waals surface area contributed by atoms with Crippen molar-refractivity contribution in [1.82, 2.24) is 15.2 Å². The zero-order valence-corrected chi connectivity index (χ0v) is 14.2. The van der Waals surface area contributed by atoms with Gasteiger partial charge >= 0.3 is 6.18 Å². The molecule has 1 unspecified atom stereocenters. The minimum absolute atomic E-state index is 0.0267. The normalized spacial score (nSPS) is 18.5. The first-order valence-corrected chi connectivity index (χ1v) is 8.51. The number of hydrogen-bond donors (Lipinski definition) is 1. The molecule has 1 amide bonds. The number of hydrogen-bond acceptors (Lipinski definition) is 3. The Kier molecular flexibility index (Phi) is 5.56. The Morgan fingerprint density at radius 3 is 2.50 bits per heavy atom. The van der Waals surface area contributed by atoms with E-state index >= 15 is 0 Å². The molecule has 0 aliphatic carbocycles. The number of amides is 1. The summed E-state index contributed by atoms with van der Waals surface area (Å²) in [6, 6.07) is 8.61. The molecule has 138 valence electrons. The van der Waals surface area contributed by atoms with Crippen molar-refractivity contribution in [2.75, 3.05) is 13.1 Å². The summed E-state index contributed by atoms with van der Waals surface area (Å²) in [4.78, 5) is 18.3. The van der Waals surface area contributed by atoms with Gasteiger partial charge in [-0.25, -0.2) is 0 Å². The lowest BCUT2D eigenvalue weighted by Gasteiger charge is -2.33. The van der Waals surface area contributed by atoms with Crippen molar-refractivity contribution in [3.63, 3.8) is 0 Å². The van der Waals surface area contributed by atoms with Crippen LogP contribution in [0.3, 0.4) is 0 Å². The smallest absolute Gasteiger partial charge is 0.348 e. The minimum Gasteiger partial charge on any atom is -0.348 e. The molecule has 1 N–H and O–H groups in total. The lowest BCUT2D eigenvalue weighted by atomic mass is 10.0. The zero-order valence-electron chi connectivity index (χ0n) is 14.2. The van der Waals surface area contributed by atoms with Gasteiger partial charge in [0.25, 0.3) is 5.91 Å². The highest BCUT2D eigenvalue weighted by molar-refractivity contribution is 5.94. The number of piperidine rings is 1. The fourth-order valence-electron chi connectivity index (χ4n) is 3.15. The minimum atomic E-state index is -4.31. The van der Waals surface area contributed by atoms with Gasteiger partial charge in [-0.2, -0.15) is 13.2 Å². The van der Waals surface area contributed by atoms with Gasteiger partial charge in [0.2, 0.25) is 0 Å². The molecule has 0 saturated carbocycles. The first-order chi connectivity index (χ1) is 12.4. The fourth-order valence-corrected chi connectivity index (χ4v) is 3.15. The largest absolute Gasteiger partial charge is 0.416 e. The quantitative estimate of drug-likeness (QED) is 0.904. The van der Waals surface area contributed by atoms with Crippen LogP contribution in [0.5, 0.6) is 0 Å². The van der Waals surface area contributed by atoms with E-state index in [-0.39, 0.29) is 11.9 Å². The van der Waals surface area contributed by atoms with E-state index in [1.807, 2.05) is 0 Å². The third-order valence-corrected chi connectivity index (χ3v) is 4.47. The van der Waals surface area contributed by atoms with Crippen molar-refractivity contribution < 1.29 is 18.0 Å². The molecule has 3 rings (SSSR count). The third-order valence-electron chi connectivity index (χ3n) is 4.47. The Labute approximate surface area is 150 Å². The summed E-state index contributed by atoms with van der Waals surface area (Å²) in [7, 11) is 0. The highest BCUT2D eigenvalue weighted by Crippen LogP contribution is 2.29. The summed E-state index contributed by atoms with van der Waals surface area (Å²) in [5, 5.41) is 3.02. The topological polar surface area (TPSA) is 45.2 Å². The Morgan fingerprint density at radius 2 is 1.85 bits per heavy atom. The lowest BCUT2D eigenvalue weighted by molar-refractivity contribution is -0.137. The first-order valence-electron chi connectivity index (χ1n) is 8.51. The molecule has 1 saturated heterocycles. The number of carbonyl (C=O) groups excluding carboxylic acids is 1. The number of nitrogens with zero attached hydrogens (tertiary/aromatic N) is 2. The maximum Gasteiger partial charge on any atom is 0.416 e. The van der Waals surface area contributed by atoms with Crippen molar-refractivity contribution >= 4 is 5.91 Å². The van der Waals surface area contributed by atoms with Gasteiger partial charge in [0, 0.05) is 37.1 Å². The van der Waals surface area contributed by atoms with Crippen LogP contribution >= 0.6 is 0 Å². The molecule has 26 heavy (non-hydrogen) atoms. The molecule has 1 aromatic carbocycles. The number of benzene rings is 1. The number of halogens is 3. The molecular weight excluding hydrogens is 343 g/mol. The van der Waals surface area contributed by atoms with Gasteiger partial charge in [0.05, 0.1) is 5.56 Å². The van der Waals surface area contributed by atoms with Crippen LogP contribution in [0.1, 0.15) is 34.3 Å². The average Bonchev–Trinajstić information content (AvgIpc) is 2.62. The van der Waals surface area contributed by atoms with Gasteiger partial charge in [0.1, 0.15) is 0 Å². The second kappa shape index (κ2) is 7.86. The molecule has 2 heterocycles. The number of rotatable bonds is 4. The van der Waals surface area contributed by atoms with E-state index in [2.05, 4.69) is 15.2 Å². The van der Waals surface area contributed by atoms with Crippen LogP contribution in [0.4, 0.5) is 13.2 Å². The Balaban J connectivity index is 1.56. The lowest BCUT2D eigenvalue weighted by Crippen LogP contribution is -2.47. The molecule has 7 heteroatoms. The molecular formula is C19H20F3N3O. The number of likely N-dealkylation sites (tertiary alicyclic amines) is 1. The van der Waals surface area contributed by atoms with Crippen molar-refractivity contribution in [3.05, 3.63) is 65.5 Å². The Morgan fingerprint density at radius 1 is 1.15 bits per heavy atom. The molecule has 0 radical (unpaired) electrons. The van der Waals surface area contributed by atoms with Crippen LogP contribution in [0.2, 0.25) is 0 Å². The molecule has 4 nitrogen and oxygen atoms in total. The van der Waals surface area contributed by atoms with Gasteiger partial charge in [-0.05, 0) is 49.2 Å². The SMILES string of the molecule is O=C(NC1CCCN(Cc2ccc(C(F)(F)F)cc2)C1)c1ccncc1. The fraction of sp³-hybridized carbons (Fsp3) is 0.368. The van der Waals surface area contributed by atoms with Crippen LogP contribution in [0.25, 0.3) is 0 Å². The van der Waals surface area contributed by atoms with Crippen LogP contribution < -0.4 is 5.32 Å². The van der Waals surface area contributed by atoms with Crippen LogP contribution in [0.15, 0.2) is 48.8 Å². The zero-order chi connectivity index (χ0) is 18.6. The van der Waals surface area contributed by atoms with Gasteiger partial charge in [-0.15, -0.1) is 0 Å².